The second-order valence-electron chi connectivity index (χ2n) is 3.65. The van der Waals surface area contributed by atoms with Gasteiger partial charge in [-0.3, -0.25) is 9.63 Å². The van der Waals surface area contributed by atoms with Gasteiger partial charge in [-0.2, -0.15) is 0 Å². The number of carbonyl (C=O) groups is 1. The first kappa shape index (κ1) is 12.7. The highest BCUT2D eigenvalue weighted by atomic mass is 16.7. The second kappa shape index (κ2) is 5.63. The molecule has 0 spiro atoms. The Balaban J connectivity index is 2.69. The van der Waals surface area contributed by atoms with Crippen LogP contribution in [0.25, 0.3) is 0 Å². The van der Waals surface area contributed by atoms with E-state index in [1.165, 1.54) is 14.2 Å². The van der Waals surface area contributed by atoms with Crippen LogP contribution in [-0.4, -0.2) is 30.2 Å². The summed E-state index contributed by atoms with van der Waals surface area (Å²) in [6.07, 6.45) is -0.763. The van der Waals surface area contributed by atoms with Crippen molar-refractivity contribution in [2.75, 3.05) is 14.2 Å². The largest absolute Gasteiger partial charge is 0.388 e. The summed E-state index contributed by atoms with van der Waals surface area (Å²) in [6.45, 7) is 1.91. The number of amides is 1. The zero-order chi connectivity index (χ0) is 12.1. The topological polar surface area (TPSA) is 49.8 Å². The van der Waals surface area contributed by atoms with Crippen LogP contribution in [0.5, 0.6) is 0 Å². The molecule has 0 saturated carbocycles. The fourth-order valence-corrected chi connectivity index (χ4v) is 1.47. The van der Waals surface area contributed by atoms with E-state index in [-0.39, 0.29) is 12.3 Å². The Kier molecular flexibility index (Phi) is 4.46. The molecule has 1 amide bonds. The molecule has 88 valence electrons. The van der Waals surface area contributed by atoms with Gasteiger partial charge in [-0.25, -0.2) is 5.06 Å². The van der Waals surface area contributed by atoms with E-state index in [4.69, 9.17) is 4.84 Å². The standard InChI is InChI=1S/C12H17NO3/c1-9-6-4-5-7-10(9)11(14)8-12(15)13(2)16-3/h4-7,11,14H,8H2,1-3H3. The molecule has 0 bridgehead atoms. The van der Waals surface area contributed by atoms with E-state index >= 15 is 0 Å². The van der Waals surface area contributed by atoms with Gasteiger partial charge in [0, 0.05) is 7.05 Å². The van der Waals surface area contributed by atoms with Gasteiger partial charge in [-0.05, 0) is 18.1 Å². The Morgan fingerprint density at radius 3 is 2.69 bits per heavy atom. The fourth-order valence-electron chi connectivity index (χ4n) is 1.47. The lowest BCUT2D eigenvalue weighted by atomic mass is 10.0. The van der Waals surface area contributed by atoms with Crippen molar-refractivity contribution in [2.24, 2.45) is 0 Å². The highest BCUT2D eigenvalue weighted by molar-refractivity contribution is 5.75. The summed E-state index contributed by atoms with van der Waals surface area (Å²) in [5.74, 6) is -0.252. The van der Waals surface area contributed by atoms with Crippen molar-refractivity contribution < 1.29 is 14.7 Å². The quantitative estimate of drug-likeness (QED) is 0.786. The third-order valence-electron chi connectivity index (χ3n) is 2.54. The van der Waals surface area contributed by atoms with Crippen molar-refractivity contribution in [3.05, 3.63) is 35.4 Å². The zero-order valence-electron chi connectivity index (χ0n) is 9.80. The van der Waals surface area contributed by atoms with Crippen LogP contribution in [0.4, 0.5) is 0 Å². The van der Waals surface area contributed by atoms with Crippen molar-refractivity contribution in [3.8, 4) is 0 Å². The Hall–Kier alpha value is -1.39. The molecule has 4 heteroatoms. The van der Waals surface area contributed by atoms with Crippen LogP contribution in [0, 0.1) is 6.92 Å². The molecule has 1 aromatic carbocycles. The minimum atomic E-state index is -0.786. The maximum absolute atomic E-state index is 11.5. The average Bonchev–Trinajstić information content (AvgIpc) is 2.28. The molecular weight excluding hydrogens is 206 g/mol. The number of hydrogen-bond donors (Lipinski definition) is 1. The summed E-state index contributed by atoms with van der Waals surface area (Å²) >= 11 is 0. The summed E-state index contributed by atoms with van der Waals surface area (Å²) in [4.78, 5) is 16.3. The Labute approximate surface area is 95.4 Å². The van der Waals surface area contributed by atoms with Gasteiger partial charge in [0.2, 0.25) is 5.91 Å². The highest BCUT2D eigenvalue weighted by Gasteiger charge is 2.17. The van der Waals surface area contributed by atoms with E-state index in [1.807, 2.05) is 31.2 Å². The molecule has 0 saturated heterocycles. The number of carbonyl (C=O) groups excluding carboxylic acids is 1. The van der Waals surface area contributed by atoms with Crippen molar-refractivity contribution >= 4 is 5.91 Å². The van der Waals surface area contributed by atoms with Gasteiger partial charge in [-0.15, -0.1) is 0 Å². The molecule has 1 aromatic rings. The van der Waals surface area contributed by atoms with Crippen molar-refractivity contribution in [2.45, 2.75) is 19.4 Å². The number of nitrogens with zero attached hydrogens (tertiary/aromatic N) is 1. The van der Waals surface area contributed by atoms with Crippen LogP contribution in [0.2, 0.25) is 0 Å². The lowest BCUT2D eigenvalue weighted by molar-refractivity contribution is -0.170. The number of aryl methyl sites for hydroxylation is 1. The summed E-state index contributed by atoms with van der Waals surface area (Å²) in [5.41, 5.74) is 1.75. The third kappa shape index (κ3) is 3.05. The van der Waals surface area contributed by atoms with Gasteiger partial charge in [0.15, 0.2) is 0 Å². The van der Waals surface area contributed by atoms with Crippen LogP contribution in [0.3, 0.4) is 0 Å². The Bertz CT molecular complexity index is 365. The van der Waals surface area contributed by atoms with Crippen LogP contribution in [0.15, 0.2) is 24.3 Å². The number of hydrogen-bond acceptors (Lipinski definition) is 3. The normalized spacial score (nSPS) is 12.2. The van der Waals surface area contributed by atoms with Gasteiger partial charge in [0.1, 0.15) is 0 Å². The minimum absolute atomic E-state index is 0.0230. The van der Waals surface area contributed by atoms with Gasteiger partial charge in [0.25, 0.3) is 0 Å². The molecule has 0 aliphatic rings. The van der Waals surface area contributed by atoms with E-state index in [0.29, 0.717) is 0 Å². The lowest BCUT2D eigenvalue weighted by Crippen LogP contribution is -2.27. The first-order valence-electron chi connectivity index (χ1n) is 5.10. The first-order valence-corrected chi connectivity index (χ1v) is 5.10. The van der Waals surface area contributed by atoms with Crippen molar-refractivity contribution in [1.82, 2.24) is 5.06 Å². The van der Waals surface area contributed by atoms with Gasteiger partial charge >= 0.3 is 0 Å². The SMILES string of the molecule is CON(C)C(=O)CC(O)c1ccccc1C. The predicted molar refractivity (Wildman–Crippen MR) is 60.5 cm³/mol. The molecule has 0 aliphatic heterocycles. The van der Waals surface area contributed by atoms with E-state index in [0.717, 1.165) is 16.2 Å². The molecule has 0 fully saturated rings. The second-order valence-corrected chi connectivity index (χ2v) is 3.65. The van der Waals surface area contributed by atoms with Gasteiger partial charge < -0.3 is 5.11 Å². The molecule has 4 nitrogen and oxygen atoms in total. The number of aliphatic hydroxyl groups excluding tert-OH is 1. The number of rotatable bonds is 4. The minimum Gasteiger partial charge on any atom is -0.388 e. The third-order valence-corrected chi connectivity index (χ3v) is 2.54. The van der Waals surface area contributed by atoms with Crippen LogP contribution in [-0.2, 0) is 9.63 Å². The molecule has 0 heterocycles. The summed E-state index contributed by atoms with van der Waals surface area (Å²) in [5, 5.41) is 11.0. The van der Waals surface area contributed by atoms with Gasteiger partial charge in [-0.1, -0.05) is 24.3 Å². The molecule has 16 heavy (non-hydrogen) atoms. The summed E-state index contributed by atoms with van der Waals surface area (Å²) < 4.78 is 0. The van der Waals surface area contributed by atoms with Crippen molar-refractivity contribution in [1.29, 1.82) is 0 Å². The van der Waals surface area contributed by atoms with E-state index < -0.39 is 6.10 Å². The summed E-state index contributed by atoms with van der Waals surface area (Å²) in [7, 11) is 2.94. The Morgan fingerprint density at radius 2 is 2.12 bits per heavy atom. The molecule has 1 rings (SSSR count). The van der Waals surface area contributed by atoms with Crippen LogP contribution < -0.4 is 0 Å². The van der Waals surface area contributed by atoms with E-state index in [2.05, 4.69) is 0 Å². The Morgan fingerprint density at radius 1 is 1.50 bits per heavy atom. The molecule has 1 atom stereocenters. The van der Waals surface area contributed by atoms with E-state index in [9.17, 15) is 9.90 Å². The molecule has 1 N–H and O–H groups in total. The highest BCUT2D eigenvalue weighted by Crippen LogP contribution is 2.20. The maximum atomic E-state index is 11.5. The fraction of sp³-hybridized carbons (Fsp3) is 0.417. The van der Waals surface area contributed by atoms with Crippen LogP contribution >= 0.6 is 0 Å². The molecule has 0 aromatic heterocycles. The average molecular weight is 223 g/mol. The molecule has 0 aliphatic carbocycles. The number of benzene rings is 1. The molecule has 0 radical (unpaired) electrons. The van der Waals surface area contributed by atoms with E-state index in [1.54, 1.807) is 0 Å². The predicted octanol–water partition coefficient (Wildman–Crippen LogP) is 1.44. The summed E-state index contributed by atoms with van der Waals surface area (Å²) in [6, 6.07) is 7.47. The zero-order valence-corrected chi connectivity index (χ0v) is 9.80. The van der Waals surface area contributed by atoms with Crippen LogP contribution in [0.1, 0.15) is 23.7 Å². The molecular formula is C12H17NO3. The maximum Gasteiger partial charge on any atom is 0.248 e. The van der Waals surface area contributed by atoms with Crippen molar-refractivity contribution in [3.63, 3.8) is 0 Å². The number of hydroxylamine groups is 2. The number of aliphatic hydroxyl groups is 1. The van der Waals surface area contributed by atoms with Gasteiger partial charge in [0.05, 0.1) is 19.6 Å². The lowest BCUT2D eigenvalue weighted by Gasteiger charge is -2.17. The first-order chi connectivity index (χ1) is 7.56. The monoisotopic (exact) mass is 223 g/mol. The smallest absolute Gasteiger partial charge is 0.248 e. The molecule has 1 unspecified atom stereocenters.